The number of halogens is 1. The molecule has 0 bridgehead atoms. The van der Waals surface area contributed by atoms with Gasteiger partial charge in [-0.2, -0.15) is 0 Å². The number of benzene rings is 2. The average Bonchev–Trinajstić information content (AvgIpc) is 3.19. The summed E-state index contributed by atoms with van der Waals surface area (Å²) in [5.74, 6) is 1.46. The van der Waals surface area contributed by atoms with Crippen molar-refractivity contribution in [3.8, 4) is 16.9 Å². The van der Waals surface area contributed by atoms with E-state index in [9.17, 15) is 8.42 Å². The minimum Gasteiger partial charge on any atom is -0.496 e. The van der Waals surface area contributed by atoms with Crippen LogP contribution in [0.4, 0.5) is 0 Å². The molecule has 0 fully saturated rings. The van der Waals surface area contributed by atoms with E-state index < -0.39 is 10.0 Å². The van der Waals surface area contributed by atoms with Crippen molar-refractivity contribution in [2.45, 2.75) is 17.7 Å². The molecule has 0 atom stereocenters. The number of aromatic amines is 1. The molecule has 8 heteroatoms. The first-order chi connectivity index (χ1) is 13.0. The third-order valence-electron chi connectivity index (χ3n) is 4.05. The second-order valence-electron chi connectivity index (χ2n) is 5.91. The van der Waals surface area contributed by atoms with Crippen LogP contribution in [0.2, 0.25) is 5.02 Å². The second kappa shape index (κ2) is 8.56. The highest BCUT2D eigenvalue weighted by Crippen LogP contribution is 2.33. The fourth-order valence-electron chi connectivity index (χ4n) is 2.72. The Bertz CT molecular complexity index is 1000. The van der Waals surface area contributed by atoms with E-state index >= 15 is 0 Å². The van der Waals surface area contributed by atoms with Gasteiger partial charge < -0.3 is 9.72 Å². The summed E-state index contributed by atoms with van der Waals surface area (Å²) in [6.45, 7) is 0.327. The van der Waals surface area contributed by atoms with Gasteiger partial charge in [-0.25, -0.2) is 18.1 Å². The molecule has 0 aliphatic heterocycles. The van der Waals surface area contributed by atoms with Gasteiger partial charge in [0.1, 0.15) is 11.6 Å². The lowest BCUT2D eigenvalue weighted by molar-refractivity contribution is 0.416. The zero-order valence-corrected chi connectivity index (χ0v) is 16.3. The first kappa shape index (κ1) is 19.4. The SMILES string of the molecule is COc1ccc(Cl)cc1-c1cccc(S(=O)(=O)NCCCc2ncc[nH]2)c1. The number of ether oxygens (including phenoxy) is 1. The molecule has 27 heavy (non-hydrogen) atoms. The maximum Gasteiger partial charge on any atom is 0.240 e. The Morgan fingerprint density at radius 3 is 2.81 bits per heavy atom. The molecule has 0 unspecified atom stereocenters. The van der Waals surface area contributed by atoms with E-state index in [1.54, 1.807) is 55.9 Å². The van der Waals surface area contributed by atoms with Gasteiger partial charge in [0, 0.05) is 35.9 Å². The van der Waals surface area contributed by atoms with Crippen molar-refractivity contribution in [1.82, 2.24) is 14.7 Å². The van der Waals surface area contributed by atoms with Crippen LogP contribution >= 0.6 is 11.6 Å². The fraction of sp³-hybridized carbons (Fsp3) is 0.211. The number of aromatic nitrogens is 2. The normalized spacial score (nSPS) is 11.5. The third kappa shape index (κ3) is 4.88. The highest BCUT2D eigenvalue weighted by atomic mass is 35.5. The Kier molecular flexibility index (Phi) is 6.15. The summed E-state index contributed by atoms with van der Waals surface area (Å²) >= 11 is 6.09. The number of imidazole rings is 1. The lowest BCUT2D eigenvalue weighted by atomic mass is 10.0. The molecule has 0 aliphatic carbocycles. The van der Waals surface area contributed by atoms with E-state index in [4.69, 9.17) is 16.3 Å². The smallest absolute Gasteiger partial charge is 0.240 e. The predicted octanol–water partition coefficient (Wildman–Crippen LogP) is 3.65. The summed E-state index contributed by atoms with van der Waals surface area (Å²) in [5.41, 5.74) is 1.45. The maximum absolute atomic E-state index is 12.6. The van der Waals surface area contributed by atoms with Gasteiger partial charge in [0.2, 0.25) is 10.0 Å². The third-order valence-corrected chi connectivity index (χ3v) is 5.75. The molecular formula is C19H20ClN3O3S. The van der Waals surface area contributed by atoms with Crippen LogP contribution < -0.4 is 9.46 Å². The van der Waals surface area contributed by atoms with Crippen LogP contribution in [0.5, 0.6) is 5.75 Å². The summed E-state index contributed by atoms with van der Waals surface area (Å²) in [6, 6.07) is 11.9. The van der Waals surface area contributed by atoms with E-state index in [1.807, 2.05) is 6.07 Å². The molecule has 2 N–H and O–H groups in total. The van der Waals surface area contributed by atoms with Crippen LogP contribution in [-0.4, -0.2) is 32.0 Å². The number of nitrogens with zero attached hydrogens (tertiary/aromatic N) is 1. The maximum atomic E-state index is 12.6. The summed E-state index contributed by atoms with van der Waals surface area (Å²) < 4.78 is 33.2. The quantitative estimate of drug-likeness (QED) is 0.560. The number of sulfonamides is 1. The standard InChI is InChI=1S/C19H20ClN3O3S/c1-26-18-8-7-15(20)13-17(18)14-4-2-5-16(12-14)27(24,25)23-9-3-6-19-21-10-11-22-19/h2,4-5,7-8,10-13,23H,3,6,9H2,1H3,(H,21,22). The molecule has 0 aliphatic rings. The molecule has 0 amide bonds. The number of rotatable bonds is 8. The highest BCUT2D eigenvalue weighted by Gasteiger charge is 2.15. The lowest BCUT2D eigenvalue weighted by Gasteiger charge is -2.11. The average molecular weight is 406 g/mol. The molecule has 142 valence electrons. The zero-order valence-electron chi connectivity index (χ0n) is 14.8. The molecule has 2 aromatic carbocycles. The van der Waals surface area contributed by atoms with Gasteiger partial charge in [0.25, 0.3) is 0 Å². The lowest BCUT2D eigenvalue weighted by Crippen LogP contribution is -2.25. The van der Waals surface area contributed by atoms with Crippen molar-refractivity contribution >= 4 is 21.6 Å². The fourth-order valence-corrected chi connectivity index (χ4v) is 4.01. The minimum atomic E-state index is -3.62. The highest BCUT2D eigenvalue weighted by molar-refractivity contribution is 7.89. The Morgan fingerprint density at radius 2 is 2.07 bits per heavy atom. The molecule has 3 aromatic rings. The Morgan fingerprint density at radius 1 is 1.22 bits per heavy atom. The Balaban J connectivity index is 1.75. The van der Waals surface area contributed by atoms with Crippen molar-refractivity contribution < 1.29 is 13.2 Å². The molecule has 0 radical (unpaired) electrons. The van der Waals surface area contributed by atoms with Crippen LogP contribution in [0.15, 0.2) is 59.8 Å². The van der Waals surface area contributed by atoms with Gasteiger partial charge in [0.05, 0.1) is 12.0 Å². The molecule has 0 saturated heterocycles. The Hall–Kier alpha value is -2.35. The van der Waals surface area contributed by atoms with Crippen LogP contribution in [0.1, 0.15) is 12.2 Å². The minimum absolute atomic E-state index is 0.194. The van der Waals surface area contributed by atoms with E-state index in [2.05, 4.69) is 14.7 Å². The largest absolute Gasteiger partial charge is 0.496 e. The number of aryl methyl sites for hydroxylation is 1. The van der Waals surface area contributed by atoms with Gasteiger partial charge in [-0.1, -0.05) is 23.7 Å². The van der Waals surface area contributed by atoms with E-state index in [-0.39, 0.29) is 4.90 Å². The number of nitrogens with one attached hydrogen (secondary N) is 2. The second-order valence-corrected chi connectivity index (χ2v) is 8.11. The molecular weight excluding hydrogens is 386 g/mol. The molecule has 1 heterocycles. The van der Waals surface area contributed by atoms with Gasteiger partial charge in [-0.15, -0.1) is 0 Å². The summed E-state index contributed by atoms with van der Waals surface area (Å²) in [6.07, 6.45) is 4.74. The van der Waals surface area contributed by atoms with Gasteiger partial charge >= 0.3 is 0 Å². The first-order valence-electron chi connectivity index (χ1n) is 8.41. The number of hydrogen-bond acceptors (Lipinski definition) is 4. The van der Waals surface area contributed by atoms with Gasteiger partial charge in [0.15, 0.2) is 0 Å². The van der Waals surface area contributed by atoms with Crippen molar-refractivity contribution in [2.75, 3.05) is 13.7 Å². The van der Waals surface area contributed by atoms with Crippen molar-refractivity contribution in [2.24, 2.45) is 0 Å². The van der Waals surface area contributed by atoms with Crippen LogP contribution in [-0.2, 0) is 16.4 Å². The van der Waals surface area contributed by atoms with E-state index in [1.165, 1.54) is 0 Å². The van der Waals surface area contributed by atoms with Crippen LogP contribution in [0.25, 0.3) is 11.1 Å². The van der Waals surface area contributed by atoms with Crippen molar-refractivity contribution in [3.63, 3.8) is 0 Å². The summed E-state index contributed by atoms with van der Waals surface area (Å²) in [7, 11) is -2.05. The Labute approximate surface area is 163 Å². The number of hydrogen-bond donors (Lipinski definition) is 2. The summed E-state index contributed by atoms with van der Waals surface area (Å²) in [5, 5.41) is 0.551. The number of methoxy groups -OCH3 is 1. The van der Waals surface area contributed by atoms with Crippen molar-refractivity contribution in [3.05, 3.63) is 65.7 Å². The van der Waals surface area contributed by atoms with Gasteiger partial charge in [-0.3, -0.25) is 0 Å². The van der Waals surface area contributed by atoms with Crippen molar-refractivity contribution in [1.29, 1.82) is 0 Å². The van der Waals surface area contributed by atoms with Crippen LogP contribution in [0, 0.1) is 0 Å². The zero-order chi connectivity index (χ0) is 19.3. The predicted molar refractivity (Wildman–Crippen MR) is 106 cm³/mol. The van der Waals surface area contributed by atoms with E-state index in [0.29, 0.717) is 35.7 Å². The van der Waals surface area contributed by atoms with E-state index in [0.717, 1.165) is 11.4 Å². The number of H-pyrrole nitrogens is 1. The molecule has 6 nitrogen and oxygen atoms in total. The topological polar surface area (TPSA) is 84.1 Å². The monoisotopic (exact) mass is 405 g/mol. The molecule has 3 rings (SSSR count). The van der Waals surface area contributed by atoms with Crippen LogP contribution in [0.3, 0.4) is 0 Å². The van der Waals surface area contributed by atoms with Gasteiger partial charge in [-0.05, 0) is 42.3 Å². The summed E-state index contributed by atoms with van der Waals surface area (Å²) in [4.78, 5) is 7.31. The molecule has 0 saturated carbocycles. The first-order valence-corrected chi connectivity index (χ1v) is 10.3. The molecule has 0 spiro atoms. The molecule has 1 aromatic heterocycles.